The summed E-state index contributed by atoms with van der Waals surface area (Å²) in [5.74, 6) is 0.00731. The van der Waals surface area contributed by atoms with Crippen molar-refractivity contribution in [2.24, 2.45) is 0 Å². The van der Waals surface area contributed by atoms with E-state index in [0.717, 1.165) is 10.2 Å². The lowest BCUT2D eigenvalue weighted by Crippen LogP contribution is -2.43. The quantitative estimate of drug-likeness (QED) is 0.426. The van der Waals surface area contributed by atoms with Crippen molar-refractivity contribution in [2.75, 3.05) is 16.4 Å². The van der Waals surface area contributed by atoms with E-state index in [1.807, 2.05) is 45.0 Å². The van der Waals surface area contributed by atoms with Crippen LogP contribution in [0.3, 0.4) is 0 Å². The minimum Gasteiger partial charge on any atom is -0.333 e. The fourth-order valence-corrected chi connectivity index (χ4v) is 4.42. The smallest absolute Gasteiger partial charge is 0.321 e. The number of carbonyl (C=O) groups excluding carboxylic acids is 2. The third-order valence-electron chi connectivity index (χ3n) is 2.98. The third kappa shape index (κ3) is 5.88. The van der Waals surface area contributed by atoms with Crippen LogP contribution in [0, 0.1) is 0 Å². The molecule has 142 valence electrons. The second-order valence-corrected chi connectivity index (χ2v) is 9.76. The summed E-state index contributed by atoms with van der Waals surface area (Å²) >= 11 is 3.90. The molecule has 1 aromatic carbocycles. The predicted molar refractivity (Wildman–Crippen MR) is 111 cm³/mol. The molecule has 2 aromatic heterocycles. The van der Waals surface area contributed by atoms with E-state index in [-0.39, 0.29) is 23.2 Å². The standard InChI is InChI=1S/C16H18N6O2S3/c1-16(2,3)20-12(24)19-14-21-22-15(27-14)25-8-11(23)18-13-17-9-6-4-5-7-10(9)26-13/h4-7H,8H2,1-3H3,(H,17,18,23)(H2,19,20,21,24). The number of aromatic nitrogens is 3. The summed E-state index contributed by atoms with van der Waals surface area (Å²) in [7, 11) is 0. The van der Waals surface area contributed by atoms with Crippen molar-refractivity contribution >= 4 is 66.9 Å². The first kappa shape index (κ1) is 19.5. The van der Waals surface area contributed by atoms with Gasteiger partial charge in [-0.3, -0.25) is 10.1 Å². The first-order valence-electron chi connectivity index (χ1n) is 7.99. The summed E-state index contributed by atoms with van der Waals surface area (Å²) in [5.41, 5.74) is 0.518. The van der Waals surface area contributed by atoms with Gasteiger partial charge in [-0.25, -0.2) is 9.78 Å². The molecule has 0 saturated carbocycles. The Hall–Kier alpha value is -2.24. The number of fused-ring (bicyclic) bond motifs is 1. The van der Waals surface area contributed by atoms with Crippen LogP contribution in [0.25, 0.3) is 10.2 Å². The van der Waals surface area contributed by atoms with Crippen molar-refractivity contribution in [1.29, 1.82) is 0 Å². The van der Waals surface area contributed by atoms with Gasteiger partial charge in [0.1, 0.15) is 0 Å². The van der Waals surface area contributed by atoms with Crippen LogP contribution in [0.4, 0.5) is 15.1 Å². The molecule has 0 spiro atoms. The molecule has 0 fully saturated rings. The minimum atomic E-state index is -0.344. The molecule has 0 unspecified atom stereocenters. The van der Waals surface area contributed by atoms with Gasteiger partial charge in [-0.2, -0.15) is 0 Å². The predicted octanol–water partition coefficient (Wildman–Crippen LogP) is 3.80. The number of thioether (sulfide) groups is 1. The van der Waals surface area contributed by atoms with E-state index in [2.05, 4.69) is 31.1 Å². The first-order chi connectivity index (χ1) is 12.8. The number of amides is 3. The van der Waals surface area contributed by atoms with Crippen molar-refractivity contribution in [2.45, 2.75) is 30.6 Å². The molecule has 3 aromatic rings. The zero-order valence-electron chi connectivity index (χ0n) is 14.9. The van der Waals surface area contributed by atoms with Gasteiger partial charge >= 0.3 is 6.03 Å². The molecule has 0 radical (unpaired) electrons. The van der Waals surface area contributed by atoms with Gasteiger partial charge in [0.25, 0.3) is 0 Å². The van der Waals surface area contributed by atoms with Gasteiger partial charge in [-0.1, -0.05) is 46.6 Å². The highest BCUT2D eigenvalue weighted by molar-refractivity contribution is 8.01. The lowest BCUT2D eigenvalue weighted by molar-refractivity contribution is -0.113. The van der Waals surface area contributed by atoms with Gasteiger partial charge in [0, 0.05) is 5.54 Å². The Labute approximate surface area is 168 Å². The molecule has 3 rings (SSSR count). The number of hydrogen-bond acceptors (Lipinski definition) is 8. The summed E-state index contributed by atoms with van der Waals surface area (Å²) in [5, 5.41) is 17.0. The minimum absolute atomic E-state index is 0.172. The van der Waals surface area contributed by atoms with E-state index in [1.54, 1.807) is 0 Å². The van der Waals surface area contributed by atoms with E-state index in [4.69, 9.17) is 0 Å². The van der Waals surface area contributed by atoms with Crippen molar-refractivity contribution in [1.82, 2.24) is 20.5 Å². The molecule has 27 heavy (non-hydrogen) atoms. The second kappa shape index (κ2) is 8.19. The van der Waals surface area contributed by atoms with Crippen LogP contribution in [-0.4, -0.2) is 38.4 Å². The number of nitrogens with one attached hydrogen (secondary N) is 3. The van der Waals surface area contributed by atoms with Crippen LogP contribution in [-0.2, 0) is 4.79 Å². The van der Waals surface area contributed by atoms with Gasteiger partial charge in [0.2, 0.25) is 11.0 Å². The van der Waals surface area contributed by atoms with Gasteiger partial charge in [-0.15, -0.1) is 10.2 Å². The Kier molecular flexibility index (Phi) is 5.92. The van der Waals surface area contributed by atoms with Crippen molar-refractivity contribution in [3.63, 3.8) is 0 Å². The summed E-state index contributed by atoms with van der Waals surface area (Å²) < 4.78 is 1.62. The van der Waals surface area contributed by atoms with Crippen LogP contribution in [0.15, 0.2) is 28.6 Å². The maximum atomic E-state index is 12.1. The Bertz CT molecular complexity index is 929. The van der Waals surface area contributed by atoms with Crippen molar-refractivity contribution in [3.05, 3.63) is 24.3 Å². The molecule has 3 amide bonds. The molecule has 0 atom stereocenters. The SMILES string of the molecule is CC(C)(C)NC(=O)Nc1nnc(SCC(=O)Nc2nc3ccccc3s2)s1. The van der Waals surface area contributed by atoms with Gasteiger partial charge in [-0.05, 0) is 32.9 Å². The molecule has 2 heterocycles. The van der Waals surface area contributed by atoms with Crippen molar-refractivity contribution in [3.8, 4) is 0 Å². The maximum absolute atomic E-state index is 12.1. The maximum Gasteiger partial charge on any atom is 0.321 e. The summed E-state index contributed by atoms with van der Waals surface area (Å²) in [6.07, 6.45) is 0. The average Bonchev–Trinajstić information content (AvgIpc) is 3.16. The van der Waals surface area contributed by atoms with Crippen LogP contribution < -0.4 is 16.0 Å². The normalized spacial score (nSPS) is 11.4. The molecule has 8 nitrogen and oxygen atoms in total. The Morgan fingerprint density at radius 1 is 1.07 bits per heavy atom. The van der Waals surface area contributed by atoms with Crippen LogP contribution in [0.5, 0.6) is 0 Å². The van der Waals surface area contributed by atoms with Crippen LogP contribution in [0.2, 0.25) is 0 Å². The number of anilines is 2. The average molecular weight is 423 g/mol. The zero-order chi connectivity index (χ0) is 19.4. The van der Waals surface area contributed by atoms with Gasteiger partial charge < -0.3 is 10.6 Å². The Balaban J connectivity index is 1.49. The lowest BCUT2D eigenvalue weighted by Gasteiger charge is -2.19. The number of hydrogen-bond donors (Lipinski definition) is 3. The molecule has 0 aliphatic rings. The number of para-hydroxylation sites is 1. The molecule has 11 heteroatoms. The molecule has 0 saturated heterocycles. The van der Waals surface area contributed by atoms with E-state index in [1.165, 1.54) is 34.4 Å². The number of thiazole rings is 1. The van der Waals surface area contributed by atoms with Gasteiger partial charge in [0.05, 0.1) is 16.0 Å². The largest absolute Gasteiger partial charge is 0.333 e. The fourth-order valence-electron chi connectivity index (χ4n) is 2.00. The van der Waals surface area contributed by atoms with Gasteiger partial charge in [0.15, 0.2) is 9.47 Å². The highest BCUT2D eigenvalue weighted by Crippen LogP contribution is 2.27. The third-order valence-corrected chi connectivity index (χ3v) is 5.91. The first-order valence-corrected chi connectivity index (χ1v) is 10.6. The molecule has 0 aliphatic carbocycles. The molecule has 0 aliphatic heterocycles. The van der Waals surface area contributed by atoms with E-state index in [9.17, 15) is 9.59 Å². The summed E-state index contributed by atoms with van der Waals surface area (Å²) in [6, 6.07) is 7.37. The van der Waals surface area contributed by atoms with Crippen LogP contribution in [0.1, 0.15) is 20.8 Å². The second-order valence-electron chi connectivity index (χ2n) is 6.53. The number of carbonyl (C=O) groups is 2. The molecular formula is C16H18N6O2S3. The summed E-state index contributed by atoms with van der Waals surface area (Å²) in [4.78, 5) is 28.3. The number of rotatable bonds is 5. The topological polar surface area (TPSA) is 109 Å². The zero-order valence-corrected chi connectivity index (χ0v) is 17.3. The molecular weight excluding hydrogens is 404 g/mol. The highest BCUT2D eigenvalue weighted by atomic mass is 32.2. The monoisotopic (exact) mass is 422 g/mol. The number of benzene rings is 1. The highest BCUT2D eigenvalue weighted by Gasteiger charge is 2.16. The summed E-state index contributed by atoms with van der Waals surface area (Å²) in [6.45, 7) is 5.66. The van der Waals surface area contributed by atoms with E-state index < -0.39 is 0 Å². The fraction of sp³-hybridized carbons (Fsp3) is 0.312. The number of urea groups is 1. The van der Waals surface area contributed by atoms with Crippen molar-refractivity contribution < 1.29 is 9.59 Å². The Morgan fingerprint density at radius 2 is 1.85 bits per heavy atom. The molecule has 3 N–H and O–H groups in total. The van der Waals surface area contributed by atoms with E-state index >= 15 is 0 Å². The lowest BCUT2D eigenvalue weighted by atomic mass is 10.1. The van der Waals surface area contributed by atoms with E-state index in [0.29, 0.717) is 14.6 Å². The Morgan fingerprint density at radius 3 is 2.59 bits per heavy atom. The molecule has 0 bridgehead atoms. The number of nitrogens with zero attached hydrogens (tertiary/aromatic N) is 3. The van der Waals surface area contributed by atoms with Crippen LogP contribution >= 0.6 is 34.4 Å².